The Bertz CT molecular complexity index is 1150. The van der Waals surface area contributed by atoms with Crippen LogP contribution in [0.5, 0.6) is 0 Å². The standard InChI is InChI=1S/C22H20N4S/c1-12-9-17-16(7-6-8-18(17)24-10-12)20-19(22-25-13(2)11-27-22)14(3)26-15(4)21(20)23-5/h6-11,20-21H,1-4H3. The maximum atomic E-state index is 7.87. The fraction of sp³-hybridized carbons (Fsp3) is 0.273. The number of fused-ring (bicyclic) bond motifs is 1. The molecule has 4 rings (SSSR count). The van der Waals surface area contributed by atoms with E-state index in [0.717, 1.165) is 49.7 Å². The second kappa shape index (κ2) is 6.71. The summed E-state index contributed by atoms with van der Waals surface area (Å²) in [4.78, 5) is 18.0. The summed E-state index contributed by atoms with van der Waals surface area (Å²) in [6.07, 6.45) is 1.89. The van der Waals surface area contributed by atoms with Crippen molar-refractivity contribution in [1.29, 1.82) is 0 Å². The maximum Gasteiger partial charge on any atom is 0.272 e. The lowest BCUT2D eigenvalue weighted by Crippen LogP contribution is -2.28. The average molecular weight is 372 g/mol. The lowest BCUT2D eigenvalue weighted by Gasteiger charge is -2.27. The largest absolute Gasteiger partial charge is 0.306 e. The van der Waals surface area contributed by atoms with Gasteiger partial charge >= 0.3 is 0 Å². The number of nitrogens with zero attached hydrogens (tertiary/aromatic N) is 4. The molecule has 0 aliphatic carbocycles. The zero-order valence-corrected chi connectivity index (χ0v) is 16.6. The van der Waals surface area contributed by atoms with Crippen LogP contribution in [0.25, 0.3) is 21.3 Å². The van der Waals surface area contributed by atoms with Crippen molar-refractivity contribution >= 4 is 33.5 Å². The Morgan fingerprint density at radius 2 is 1.96 bits per heavy atom. The monoisotopic (exact) mass is 372 g/mol. The molecule has 0 saturated heterocycles. The van der Waals surface area contributed by atoms with Crippen LogP contribution in [0, 0.1) is 20.4 Å². The minimum Gasteiger partial charge on any atom is -0.306 e. The SMILES string of the molecule is [C-]#[N+]C1C(C)=NC(C)=C(c2nc(C)cs2)C1c1cccc2ncc(C)cc12. The predicted molar refractivity (Wildman–Crippen MR) is 112 cm³/mol. The van der Waals surface area contributed by atoms with E-state index >= 15 is 0 Å². The van der Waals surface area contributed by atoms with E-state index in [-0.39, 0.29) is 12.0 Å². The van der Waals surface area contributed by atoms with Gasteiger partial charge in [-0.05, 0) is 51.0 Å². The van der Waals surface area contributed by atoms with E-state index < -0.39 is 0 Å². The molecule has 1 aliphatic heterocycles. The van der Waals surface area contributed by atoms with Gasteiger partial charge in [0.1, 0.15) is 5.01 Å². The van der Waals surface area contributed by atoms with E-state index in [1.54, 1.807) is 11.3 Å². The second-order valence-corrected chi connectivity index (χ2v) is 7.88. The molecule has 27 heavy (non-hydrogen) atoms. The maximum absolute atomic E-state index is 7.87. The molecule has 1 aliphatic rings. The Labute approximate surface area is 163 Å². The molecular formula is C22H20N4S. The topological polar surface area (TPSA) is 42.5 Å². The van der Waals surface area contributed by atoms with Gasteiger partial charge in [-0.3, -0.25) is 9.98 Å². The van der Waals surface area contributed by atoms with Crippen LogP contribution in [0.2, 0.25) is 0 Å². The van der Waals surface area contributed by atoms with Gasteiger partial charge in [-0.25, -0.2) is 11.6 Å². The molecule has 2 unspecified atom stereocenters. The molecule has 5 heteroatoms. The third kappa shape index (κ3) is 2.96. The molecule has 0 N–H and O–H groups in total. The third-order valence-corrected chi connectivity index (χ3v) is 6.00. The first-order valence-corrected chi connectivity index (χ1v) is 9.78. The smallest absolute Gasteiger partial charge is 0.272 e. The molecule has 2 aromatic heterocycles. The van der Waals surface area contributed by atoms with Crippen molar-refractivity contribution in [3.63, 3.8) is 0 Å². The van der Waals surface area contributed by atoms with Crippen LogP contribution in [0.15, 0.2) is 46.5 Å². The molecule has 4 nitrogen and oxygen atoms in total. The molecule has 3 aromatic rings. The van der Waals surface area contributed by atoms with Crippen LogP contribution in [0.1, 0.15) is 41.6 Å². The quantitative estimate of drug-likeness (QED) is 0.551. The first-order valence-electron chi connectivity index (χ1n) is 8.90. The molecule has 1 aromatic carbocycles. The number of pyridine rings is 1. The van der Waals surface area contributed by atoms with Crippen LogP contribution >= 0.6 is 11.3 Å². The van der Waals surface area contributed by atoms with Crippen LogP contribution in [-0.2, 0) is 0 Å². The summed E-state index contributed by atoms with van der Waals surface area (Å²) in [6.45, 7) is 15.9. The van der Waals surface area contributed by atoms with Gasteiger partial charge in [-0.1, -0.05) is 12.1 Å². The predicted octanol–water partition coefficient (Wildman–Crippen LogP) is 5.59. The summed E-state index contributed by atoms with van der Waals surface area (Å²) in [5.41, 5.74) is 7.06. The zero-order valence-electron chi connectivity index (χ0n) is 15.8. The number of aryl methyl sites for hydroxylation is 2. The van der Waals surface area contributed by atoms with Gasteiger partial charge < -0.3 is 4.85 Å². The number of thiazole rings is 1. The van der Waals surface area contributed by atoms with E-state index in [4.69, 9.17) is 16.5 Å². The van der Waals surface area contributed by atoms with Gasteiger partial charge in [0.25, 0.3) is 6.04 Å². The minimum atomic E-state index is -0.334. The van der Waals surface area contributed by atoms with Gasteiger partial charge in [-0.15, -0.1) is 11.3 Å². The van der Waals surface area contributed by atoms with Gasteiger partial charge in [-0.2, -0.15) is 0 Å². The summed E-state index contributed by atoms with van der Waals surface area (Å²) in [6, 6.07) is 8.01. The molecule has 0 fully saturated rings. The van der Waals surface area contributed by atoms with Crippen molar-refractivity contribution in [3.8, 4) is 0 Å². The summed E-state index contributed by atoms with van der Waals surface area (Å²) in [5.74, 6) is -0.0992. The number of hydrogen-bond donors (Lipinski definition) is 0. The molecule has 0 amide bonds. The normalized spacial score (nSPS) is 19.9. The van der Waals surface area contributed by atoms with Gasteiger partial charge in [0.2, 0.25) is 0 Å². The van der Waals surface area contributed by atoms with Crippen LogP contribution in [0.4, 0.5) is 0 Å². The van der Waals surface area contributed by atoms with Gasteiger partial charge in [0, 0.05) is 33.9 Å². The first-order chi connectivity index (χ1) is 13.0. The van der Waals surface area contributed by atoms with E-state index in [0.29, 0.717) is 0 Å². The lowest BCUT2D eigenvalue weighted by molar-refractivity contribution is 0.829. The Balaban J connectivity index is 2.02. The summed E-state index contributed by atoms with van der Waals surface area (Å²) >= 11 is 1.62. The van der Waals surface area contributed by atoms with Crippen molar-refractivity contribution in [2.45, 2.75) is 39.7 Å². The number of aliphatic imine (C=N–C) groups is 1. The van der Waals surface area contributed by atoms with Gasteiger partial charge in [0.05, 0.1) is 17.1 Å². The lowest BCUT2D eigenvalue weighted by atomic mass is 9.79. The highest BCUT2D eigenvalue weighted by molar-refractivity contribution is 7.10. The Kier molecular flexibility index (Phi) is 4.37. The number of hydrogen-bond acceptors (Lipinski definition) is 4. The fourth-order valence-corrected chi connectivity index (χ4v) is 4.75. The van der Waals surface area contributed by atoms with Crippen molar-refractivity contribution in [3.05, 3.63) is 74.8 Å². The van der Waals surface area contributed by atoms with Crippen molar-refractivity contribution in [1.82, 2.24) is 9.97 Å². The molecule has 0 radical (unpaired) electrons. The highest BCUT2D eigenvalue weighted by atomic mass is 32.1. The Morgan fingerprint density at radius 3 is 2.67 bits per heavy atom. The molecule has 0 bridgehead atoms. The highest BCUT2D eigenvalue weighted by Crippen LogP contribution is 2.44. The highest BCUT2D eigenvalue weighted by Gasteiger charge is 2.40. The van der Waals surface area contributed by atoms with Crippen LogP contribution < -0.4 is 0 Å². The van der Waals surface area contributed by atoms with Crippen LogP contribution in [-0.4, -0.2) is 21.7 Å². The first kappa shape index (κ1) is 17.6. The van der Waals surface area contributed by atoms with Crippen LogP contribution in [0.3, 0.4) is 0 Å². The molecule has 2 atom stereocenters. The summed E-state index contributed by atoms with van der Waals surface area (Å²) in [5, 5.41) is 4.11. The fourth-order valence-electron chi connectivity index (χ4n) is 3.82. The number of benzene rings is 1. The van der Waals surface area contributed by atoms with E-state index in [9.17, 15) is 0 Å². The Hall–Kier alpha value is -2.84. The Morgan fingerprint density at radius 1 is 1.15 bits per heavy atom. The number of aromatic nitrogens is 2. The number of allylic oxidation sites excluding steroid dienone is 1. The third-order valence-electron chi connectivity index (χ3n) is 5.01. The molecule has 3 heterocycles. The summed E-state index contributed by atoms with van der Waals surface area (Å²) < 4.78 is 0. The molecule has 0 spiro atoms. The minimum absolute atomic E-state index is 0.0992. The molecule has 134 valence electrons. The van der Waals surface area contributed by atoms with E-state index in [2.05, 4.69) is 34.3 Å². The van der Waals surface area contributed by atoms with E-state index in [1.165, 1.54) is 0 Å². The molecule has 0 saturated carbocycles. The van der Waals surface area contributed by atoms with E-state index in [1.807, 2.05) is 39.1 Å². The zero-order chi connectivity index (χ0) is 19.1. The van der Waals surface area contributed by atoms with Crippen molar-refractivity contribution in [2.75, 3.05) is 0 Å². The van der Waals surface area contributed by atoms with Crippen molar-refractivity contribution < 1.29 is 0 Å². The average Bonchev–Trinajstić information content (AvgIpc) is 3.06. The van der Waals surface area contributed by atoms with Gasteiger partial charge in [0.15, 0.2) is 0 Å². The number of rotatable bonds is 2. The molecular weight excluding hydrogens is 352 g/mol. The summed E-state index contributed by atoms with van der Waals surface area (Å²) in [7, 11) is 0. The van der Waals surface area contributed by atoms with Crippen molar-refractivity contribution in [2.24, 2.45) is 4.99 Å². The second-order valence-electron chi connectivity index (χ2n) is 7.02.